The number of rotatable bonds is 4. The van der Waals surface area contributed by atoms with Crippen molar-refractivity contribution in [3.63, 3.8) is 0 Å². The number of hydrogen-bond donors (Lipinski definition) is 1. The fourth-order valence-electron chi connectivity index (χ4n) is 2.14. The molecule has 0 saturated carbocycles. The largest absolute Gasteiger partial charge is 0.490 e. The first-order valence-corrected chi connectivity index (χ1v) is 5.95. The lowest BCUT2D eigenvalue weighted by Gasteiger charge is -2.14. The van der Waals surface area contributed by atoms with Gasteiger partial charge in [0.1, 0.15) is 6.10 Å². The van der Waals surface area contributed by atoms with Gasteiger partial charge in [0, 0.05) is 5.56 Å². The van der Waals surface area contributed by atoms with Gasteiger partial charge in [-0.05, 0) is 19.4 Å². The molecule has 0 saturated heterocycles. The topological polar surface area (TPSA) is 44.5 Å². The van der Waals surface area contributed by atoms with Crippen LogP contribution in [0.4, 0.5) is 0 Å². The summed E-state index contributed by atoms with van der Waals surface area (Å²) in [5.74, 6) is 1.66. The molecule has 2 unspecified atom stereocenters. The average Bonchev–Trinajstić information content (AvgIpc) is 2.59. The lowest BCUT2D eigenvalue weighted by atomic mass is 10.0. The maximum atomic E-state index is 6.16. The van der Waals surface area contributed by atoms with Crippen molar-refractivity contribution in [1.82, 2.24) is 0 Å². The summed E-state index contributed by atoms with van der Waals surface area (Å²) in [7, 11) is 0. The molecule has 1 aliphatic rings. The number of nitrogens with two attached hydrogens (primary N) is 1. The van der Waals surface area contributed by atoms with E-state index in [1.807, 2.05) is 25.1 Å². The Morgan fingerprint density at radius 1 is 1.38 bits per heavy atom. The molecule has 0 spiro atoms. The van der Waals surface area contributed by atoms with Crippen molar-refractivity contribution in [2.45, 2.75) is 38.8 Å². The van der Waals surface area contributed by atoms with Crippen LogP contribution in [0.1, 0.15) is 38.3 Å². The molecule has 88 valence electrons. The van der Waals surface area contributed by atoms with E-state index < -0.39 is 0 Å². The third-order valence-corrected chi connectivity index (χ3v) is 2.91. The van der Waals surface area contributed by atoms with Gasteiger partial charge in [0.25, 0.3) is 0 Å². The predicted octanol–water partition coefficient (Wildman–Crippen LogP) is 2.65. The molecule has 0 fully saturated rings. The molecule has 1 aromatic carbocycles. The third kappa shape index (κ3) is 1.87. The Bertz CT molecular complexity index is 365. The Hall–Kier alpha value is -1.22. The van der Waals surface area contributed by atoms with Gasteiger partial charge in [0.15, 0.2) is 11.5 Å². The zero-order valence-corrected chi connectivity index (χ0v) is 9.90. The van der Waals surface area contributed by atoms with Gasteiger partial charge in [-0.2, -0.15) is 0 Å². The van der Waals surface area contributed by atoms with E-state index in [4.69, 9.17) is 15.2 Å². The normalized spacial score (nSPS) is 22.7. The van der Waals surface area contributed by atoms with Crippen LogP contribution in [0.15, 0.2) is 18.2 Å². The highest BCUT2D eigenvalue weighted by atomic mass is 16.5. The summed E-state index contributed by atoms with van der Waals surface area (Å²) in [6, 6.07) is 5.92. The van der Waals surface area contributed by atoms with E-state index in [0.29, 0.717) is 6.61 Å². The summed E-state index contributed by atoms with van der Waals surface area (Å²) >= 11 is 0. The van der Waals surface area contributed by atoms with Crippen LogP contribution in [0.3, 0.4) is 0 Å². The summed E-state index contributed by atoms with van der Waals surface area (Å²) < 4.78 is 11.4. The zero-order valence-electron chi connectivity index (χ0n) is 9.90. The fraction of sp³-hybridized carbons (Fsp3) is 0.538. The Morgan fingerprint density at radius 3 is 2.88 bits per heavy atom. The minimum absolute atomic E-state index is 0.0182. The first-order chi connectivity index (χ1) is 7.77. The second-order valence-electron chi connectivity index (χ2n) is 4.08. The van der Waals surface area contributed by atoms with Crippen LogP contribution in [0.5, 0.6) is 11.5 Å². The molecule has 1 heterocycles. The first kappa shape index (κ1) is 11.3. The molecule has 2 atom stereocenters. The van der Waals surface area contributed by atoms with E-state index >= 15 is 0 Å². The third-order valence-electron chi connectivity index (χ3n) is 2.91. The van der Waals surface area contributed by atoms with Gasteiger partial charge in [-0.3, -0.25) is 0 Å². The van der Waals surface area contributed by atoms with Gasteiger partial charge >= 0.3 is 0 Å². The van der Waals surface area contributed by atoms with Crippen molar-refractivity contribution in [2.24, 2.45) is 5.73 Å². The van der Waals surface area contributed by atoms with Crippen LogP contribution in [0.2, 0.25) is 0 Å². The van der Waals surface area contributed by atoms with Gasteiger partial charge in [-0.15, -0.1) is 0 Å². The van der Waals surface area contributed by atoms with E-state index in [2.05, 4.69) is 6.92 Å². The quantitative estimate of drug-likeness (QED) is 0.850. The Morgan fingerprint density at radius 2 is 2.19 bits per heavy atom. The molecule has 3 nitrogen and oxygen atoms in total. The van der Waals surface area contributed by atoms with E-state index in [0.717, 1.165) is 29.9 Å². The van der Waals surface area contributed by atoms with Crippen molar-refractivity contribution in [3.8, 4) is 11.5 Å². The lowest BCUT2D eigenvalue weighted by Crippen LogP contribution is -2.24. The zero-order chi connectivity index (χ0) is 11.5. The van der Waals surface area contributed by atoms with Crippen molar-refractivity contribution in [3.05, 3.63) is 23.8 Å². The number of hydrogen-bond acceptors (Lipinski definition) is 3. The molecule has 1 aliphatic heterocycles. The predicted molar refractivity (Wildman–Crippen MR) is 63.9 cm³/mol. The highest BCUT2D eigenvalue weighted by Crippen LogP contribution is 2.43. The smallest absolute Gasteiger partial charge is 0.166 e. The SMILES string of the molecule is CCCC1Oc2c(OCC)cccc2C1N. The van der Waals surface area contributed by atoms with Crippen LogP contribution < -0.4 is 15.2 Å². The van der Waals surface area contributed by atoms with Gasteiger partial charge in [-0.25, -0.2) is 0 Å². The van der Waals surface area contributed by atoms with E-state index in [9.17, 15) is 0 Å². The molecule has 0 amide bonds. The molecular weight excluding hydrogens is 202 g/mol. The minimum Gasteiger partial charge on any atom is -0.490 e. The van der Waals surface area contributed by atoms with Crippen molar-refractivity contribution < 1.29 is 9.47 Å². The van der Waals surface area contributed by atoms with Gasteiger partial charge in [0.05, 0.1) is 12.6 Å². The second kappa shape index (κ2) is 4.74. The van der Waals surface area contributed by atoms with Crippen molar-refractivity contribution in [1.29, 1.82) is 0 Å². The number of fused-ring (bicyclic) bond motifs is 1. The molecule has 2 N–H and O–H groups in total. The Kier molecular flexibility index (Phi) is 3.34. The second-order valence-corrected chi connectivity index (χ2v) is 4.08. The van der Waals surface area contributed by atoms with Crippen molar-refractivity contribution >= 4 is 0 Å². The summed E-state index contributed by atoms with van der Waals surface area (Å²) in [4.78, 5) is 0. The monoisotopic (exact) mass is 221 g/mol. The highest BCUT2D eigenvalue weighted by molar-refractivity contribution is 5.51. The maximum Gasteiger partial charge on any atom is 0.166 e. The molecule has 2 rings (SSSR count). The first-order valence-electron chi connectivity index (χ1n) is 5.95. The van der Waals surface area contributed by atoms with E-state index in [1.54, 1.807) is 0 Å². The van der Waals surface area contributed by atoms with E-state index in [1.165, 1.54) is 0 Å². The molecule has 0 radical (unpaired) electrons. The van der Waals surface area contributed by atoms with E-state index in [-0.39, 0.29) is 12.1 Å². The molecule has 0 aromatic heterocycles. The van der Waals surface area contributed by atoms with Gasteiger partial charge < -0.3 is 15.2 Å². The molecule has 0 bridgehead atoms. The standard InChI is InChI=1S/C13H19NO2/c1-3-6-10-12(14)9-7-5-8-11(15-4-2)13(9)16-10/h5,7-8,10,12H,3-4,6,14H2,1-2H3. The molecule has 16 heavy (non-hydrogen) atoms. The number of ether oxygens (including phenoxy) is 2. The number of para-hydroxylation sites is 1. The maximum absolute atomic E-state index is 6.16. The summed E-state index contributed by atoms with van der Waals surface area (Å²) in [5.41, 5.74) is 7.23. The molecule has 3 heteroatoms. The number of benzene rings is 1. The molecule has 1 aromatic rings. The van der Waals surface area contributed by atoms with Crippen LogP contribution in [-0.4, -0.2) is 12.7 Å². The Labute approximate surface area is 96.5 Å². The van der Waals surface area contributed by atoms with Crippen LogP contribution >= 0.6 is 0 Å². The summed E-state index contributed by atoms with van der Waals surface area (Å²) in [6.07, 6.45) is 2.17. The highest BCUT2D eigenvalue weighted by Gasteiger charge is 2.32. The van der Waals surface area contributed by atoms with Crippen LogP contribution in [0.25, 0.3) is 0 Å². The molecular formula is C13H19NO2. The lowest BCUT2D eigenvalue weighted by molar-refractivity contribution is 0.186. The Balaban J connectivity index is 2.27. The minimum atomic E-state index is -0.0182. The van der Waals surface area contributed by atoms with Crippen LogP contribution in [-0.2, 0) is 0 Å². The fourth-order valence-corrected chi connectivity index (χ4v) is 2.14. The summed E-state index contributed by atoms with van der Waals surface area (Å²) in [5, 5.41) is 0. The van der Waals surface area contributed by atoms with Crippen molar-refractivity contribution in [2.75, 3.05) is 6.61 Å². The van der Waals surface area contributed by atoms with Crippen LogP contribution in [0, 0.1) is 0 Å². The molecule has 0 aliphatic carbocycles. The summed E-state index contributed by atoms with van der Waals surface area (Å²) in [6.45, 7) is 4.76. The average molecular weight is 221 g/mol. The van der Waals surface area contributed by atoms with Gasteiger partial charge in [0.2, 0.25) is 0 Å². The van der Waals surface area contributed by atoms with Gasteiger partial charge in [-0.1, -0.05) is 25.5 Å².